The monoisotopic (exact) mass is 185 g/mol. The van der Waals surface area contributed by atoms with Crippen molar-refractivity contribution in [1.82, 2.24) is 0 Å². The van der Waals surface area contributed by atoms with Gasteiger partial charge in [0, 0.05) is 0 Å². The third kappa shape index (κ3) is 1.62. The number of ether oxygens (including phenoxy) is 1. The normalized spacial score (nSPS) is 11.2. The van der Waals surface area contributed by atoms with Crippen molar-refractivity contribution in [2.75, 3.05) is 7.11 Å². The van der Waals surface area contributed by atoms with Gasteiger partial charge in [-0.15, -0.1) is 11.3 Å². The van der Waals surface area contributed by atoms with Crippen molar-refractivity contribution < 1.29 is 14.7 Å². The molecule has 0 radical (unpaired) electrons. The molecule has 1 heterocycles. The second-order valence-corrected chi connectivity index (χ2v) is 3.04. The Morgan fingerprint density at radius 2 is 2.50 bits per heavy atom. The molecular weight excluding hydrogens is 178 g/mol. The van der Waals surface area contributed by atoms with Crippen LogP contribution < -0.4 is 0 Å². The van der Waals surface area contributed by atoms with E-state index >= 15 is 0 Å². The summed E-state index contributed by atoms with van der Waals surface area (Å²) in [7, 11) is 1.40. The Bertz CT molecular complexity index is 305. The van der Waals surface area contributed by atoms with Gasteiger partial charge in [-0.05, 0) is 17.3 Å². The standard InChI is InChI=1S/C7H7NO3S/c1-11-7(8-10)6-3-2-5(4-9)12-6/h2-4,10H,1H3. The minimum absolute atomic E-state index is 0.119. The van der Waals surface area contributed by atoms with Crippen LogP contribution in [0.5, 0.6) is 0 Å². The summed E-state index contributed by atoms with van der Waals surface area (Å²) < 4.78 is 4.74. The van der Waals surface area contributed by atoms with Gasteiger partial charge in [0.15, 0.2) is 6.29 Å². The minimum atomic E-state index is 0.119. The van der Waals surface area contributed by atoms with Crippen LogP contribution in [0, 0.1) is 0 Å². The van der Waals surface area contributed by atoms with Crippen molar-refractivity contribution in [1.29, 1.82) is 0 Å². The van der Waals surface area contributed by atoms with E-state index in [-0.39, 0.29) is 5.90 Å². The fourth-order valence-corrected chi connectivity index (χ4v) is 1.51. The highest BCUT2D eigenvalue weighted by Crippen LogP contribution is 2.15. The van der Waals surface area contributed by atoms with Gasteiger partial charge in [-0.2, -0.15) is 0 Å². The van der Waals surface area contributed by atoms with Gasteiger partial charge in [0.25, 0.3) is 5.90 Å². The first kappa shape index (κ1) is 8.73. The number of hydrogen-bond donors (Lipinski definition) is 1. The molecule has 12 heavy (non-hydrogen) atoms. The summed E-state index contributed by atoms with van der Waals surface area (Å²) in [4.78, 5) is 11.5. The summed E-state index contributed by atoms with van der Waals surface area (Å²) in [6.07, 6.45) is 0.735. The Morgan fingerprint density at radius 3 is 2.92 bits per heavy atom. The Kier molecular flexibility index (Phi) is 2.82. The molecule has 1 aromatic heterocycles. The lowest BCUT2D eigenvalue weighted by molar-refractivity contribution is 0.112. The fraction of sp³-hybridized carbons (Fsp3) is 0.143. The summed E-state index contributed by atoms with van der Waals surface area (Å²) in [5.74, 6) is 0.119. The molecule has 0 aliphatic carbocycles. The molecule has 5 heteroatoms. The van der Waals surface area contributed by atoms with Crippen molar-refractivity contribution in [2.24, 2.45) is 5.16 Å². The molecule has 0 spiro atoms. The lowest BCUT2D eigenvalue weighted by Crippen LogP contribution is -1.99. The lowest BCUT2D eigenvalue weighted by Gasteiger charge is -1.96. The molecule has 1 N–H and O–H groups in total. The van der Waals surface area contributed by atoms with E-state index in [9.17, 15) is 4.79 Å². The number of thiophene rings is 1. The van der Waals surface area contributed by atoms with E-state index in [4.69, 9.17) is 9.94 Å². The third-order valence-electron chi connectivity index (χ3n) is 1.24. The first-order valence-electron chi connectivity index (χ1n) is 3.13. The average Bonchev–Trinajstić information content (AvgIpc) is 2.55. The maximum atomic E-state index is 10.3. The van der Waals surface area contributed by atoms with Crippen LogP contribution in [-0.4, -0.2) is 24.5 Å². The van der Waals surface area contributed by atoms with Crippen molar-refractivity contribution in [2.45, 2.75) is 0 Å². The molecule has 0 atom stereocenters. The first-order chi connectivity index (χ1) is 5.81. The van der Waals surface area contributed by atoms with Crippen molar-refractivity contribution in [3.63, 3.8) is 0 Å². The fourth-order valence-electron chi connectivity index (χ4n) is 0.722. The molecule has 1 rings (SSSR count). The van der Waals surface area contributed by atoms with E-state index < -0.39 is 0 Å². The third-order valence-corrected chi connectivity index (χ3v) is 2.24. The Labute approximate surface area is 73.1 Å². The largest absolute Gasteiger partial charge is 0.478 e. The molecule has 0 saturated carbocycles. The van der Waals surface area contributed by atoms with Crippen LogP contribution in [0.25, 0.3) is 0 Å². The van der Waals surface area contributed by atoms with Crippen LogP contribution in [0.1, 0.15) is 14.5 Å². The van der Waals surface area contributed by atoms with Crippen LogP contribution in [0.15, 0.2) is 17.3 Å². The molecule has 4 nitrogen and oxygen atoms in total. The van der Waals surface area contributed by atoms with Crippen LogP contribution in [-0.2, 0) is 4.74 Å². The molecule has 0 fully saturated rings. The first-order valence-corrected chi connectivity index (χ1v) is 3.95. The molecule has 0 bridgehead atoms. The van der Waals surface area contributed by atoms with Crippen LogP contribution >= 0.6 is 11.3 Å². The molecular formula is C7H7NO3S. The maximum absolute atomic E-state index is 10.3. The Morgan fingerprint density at radius 1 is 1.75 bits per heavy atom. The zero-order valence-corrected chi connectivity index (χ0v) is 7.17. The van der Waals surface area contributed by atoms with Gasteiger partial charge in [0.2, 0.25) is 0 Å². The number of carbonyl (C=O) groups excluding carboxylic acids is 1. The highest BCUT2D eigenvalue weighted by atomic mass is 32.1. The van der Waals surface area contributed by atoms with Gasteiger partial charge in [-0.1, -0.05) is 0 Å². The summed E-state index contributed by atoms with van der Waals surface area (Å²) in [6.45, 7) is 0. The van der Waals surface area contributed by atoms with Crippen LogP contribution in [0.3, 0.4) is 0 Å². The number of oxime groups is 1. The van der Waals surface area contributed by atoms with Crippen molar-refractivity contribution in [3.8, 4) is 0 Å². The SMILES string of the molecule is COC(=NO)c1ccc(C=O)s1. The average molecular weight is 185 g/mol. The van der Waals surface area contributed by atoms with E-state index in [1.165, 1.54) is 18.4 Å². The molecule has 0 saturated heterocycles. The van der Waals surface area contributed by atoms with Crippen LogP contribution in [0.4, 0.5) is 0 Å². The van der Waals surface area contributed by atoms with E-state index in [1.807, 2.05) is 0 Å². The zero-order valence-electron chi connectivity index (χ0n) is 6.35. The minimum Gasteiger partial charge on any atom is -0.478 e. The molecule has 1 aromatic rings. The van der Waals surface area contributed by atoms with Gasteiger partial charge in [-0.25, -0.2) is 0 Å². The number of hydrogen-bond acceptors (Lipinski definition) is 5. The summed E-state index contributed by atoms with van der Waals surface area (Å²) in [6, 6.07) is 3.30. The van der Waals surface area contributed by atoms with Crippen molar-refractivity contribution >= 4 is 23.5 Å². The maximum Gasteiger partial charge on any atom is 0.267 e. The van der Waals surface area contributed by atoms with E-state index in [0.717, 1.165) is 6.29 Å². The second-order valence-electron chi connectivity index (χ2n) is 1.93. The number of nitrogens with zero attached hydrogens (tertiary/aromatic N) is 1. The predicted molar refractivity (Wildman–Crippen MR) is 45.0 cm³/mol. The number of carbonyl (C=O) groups is 1. The molecule has 0 aliphatic rings. The smallest absolute Gasteiger partial charge is 0.267 e. The summed E-state index contributed by atoms with van der Waals surface area (Å²) in [5, 5.41) is 11.4. The summed E-state index contributed by atoms with van der Waals surface area (Å²) >= 11 is 1.21. The van der Waals surface area contributed by atoms with Gasteiger partial charge in [-0.3, -0.25) is 4.79 Å². The zero-order chi connectivity index (χ0) is 8.97. The number of aldehydes is 1. The molecule has 0 amide bonds. The van der Waals surface area contributed by atoms with Gasteiger partial charge in [0.05, 0.1) is 16.9 Å². The Hall–Kier alpha value is -1.36. The number of methoxy groups -OCH3 is 1. The number of rotatable bonds is 2. The van der Waals surface area contributed by atoms with Crippen molar-refractivity contribution in [3.05, 3.63) is 21.9 Å². The van der Waals surface area contributed by atoms with E-state index in [2.05, 4.69) is 5.16 Å². The predicted octanol–water partition coefficient (Wildman–Crippen LogP) is 1.34. The van der Waals surface area contributed by atoms with Gasteiger partial charge < -0.3 is 9.94 Å². The lowest BCUT2D eigenvalue weighted by atomic mass is 10.4. The highest BCUT2D eigenvalue weighted by Gasteiger charge is 2.06. The van der Waals surface area contributed by atoms with Crippen LogP contribution in [0.2, 0.25) is 0 Å². The van der Waals surface area contributed by atoms with E-state index in [1.54, 1.807) is 12.1 Å². The van der Waals surface area contributed by atoms with E-state index in [0.29, 0.717) is 9.75 Å². The molecule has 64 valence electrons. The second kappa shape index (κ2) is 3.87. The molecule has 0 aromatic carbocycles. The highest BCUT2D eigenvalue weighted by molar-refractivity contribution is 7.15. The quantitative estimate of drug-likeness (QED) is 0.249. The molecule has 0 unspecified atom stereocenters. The Balaban J connectivity index is 2.95. The van der Waals surface area contributed by atoms with Gasteiger partial charge >= 0.3 is 0 Å². The summed E-state index contributed by atoms with van der Waals surface area (Å²) in [5.41, 5.74) is 0. The van der Waals surface area contributed by atoms with Gasteiger partial charge in [0.1, 0.15) is 0 Å². The topological polar surface area (TPSA) is 58.9 Å². The molecule has 0 aliphatic heterocycles.